The second-order valence-corrected chi connectivity index (χ2v) is 4.94. The molecule has 0 saturated carbocycles. The van der Waals surface area contributed by atoms with E-state index in [0.717, 1.165) is 0 Å². The van der Waals surface area contributed by atoms with Crippen molar-refractivity contribution in [1.82, 2.24) is 10.5 Å². The Morgan fingerprint density at radius 2 is 2.33 bits per heavy atom. The minimum Gasteiger partial charge on any atom is -0.361 e. The summed E-state index contributed by atoms with van der Waals surface area (Å²) < 4.78 is 4.82. The van der Waals surface area contributed by atoms with Gasteiger partial charge < -0.3 is 9.84 Å². The number of rotatable bonds is 4. The molecule has 1 aromatic rings. The highest BCUT2D eigenvalue weighted by Gasteiger charge is 2.15. The summed E-state index contributed by atoms with van der Waals surface area (Å²) >= 11 is 3.50. The average Bonchev–Trinajstić information content (AvgIpc) is 2.60. The fourth-order valence-electron chi connectivity index (χ4n) is 1.04. The Labute approximate surface area is 97.5 Å². The predicted octanol–water partition coefficient (Wildman–Crippen LogP) is 2.13. The monoisotopic (exact) mass is 274 g/mol. The van der Waals surface area contributed by atoms with Crippen LogP contribution in [0.15, 0.2) is 10.7 Å². The number of alkyl halides is 1. The molecule has 1 amide bonds. The van der Waals surface area contributed by atoms with E-state index in [0.29, 0.717) is 23.8 Å². The highest BCUT2D eigenvalue weighted by molar-refractivity contribution is 9.09. The number of halogens is 1. The Morgan fingerprint density at radius 1 is 1.67 bits per heavy atom. The Morgan fingerprint density at radius 3 is 2.80 bits per heavy atom. The van der Waals surface area contributed by atoms with Gasteiger partial charge in [-0.05, 0) is 12.8 Å². The number of hydrogen-bond acceptors (Lipinski definition) is 3. The van der Waals surface area contributed by atoms with Crippen molar-refractivity contribution in [3.05, 3.63) is 17.5 Å². The van der Waals surface area contributed by atoms with E-state index in [1.54, 1.807) is 6.92 Å². The van der Waals surface area contributed by atoms with E-state index in [4.69, 9.17) is 4.52 Å². The minimum atomic E-state index is -0.140. The molecular weight excluding hydrogens is 260 g/mol. The molecule has 0 radical (unpaired) electrons. The molecular formula is C10H15BrN2O2. The molecule has 0 aromatic carbocycles. The molecule has 15 heavy (non-hydrogen) atoms. The Balaban J connectivity index is 2.47. The number of carbonyl (C=O) groups excluding carboxylic acids is 1. The van der Waals surface area contributed by atoms with Gasteiger partial charge in [0.05, 0.1) is 6.20 Å². The molecule has 0 saturated heterocycles. The van der Waals surface area contributed by atoms with Gasteiger partial charge >= 0.3 is 0 Å². The summed E-state index contributed by atoms with van der Waals surface area (Å²) in [7, 11) is 0. The van der Waals surface area contributed by atoms with Crippen LogP contribution in [-0.2, 0) is 0 Å². The Bertz CT molecular complexity index is 336. The lowest BCUT2D eigenvalue weighted by Gasteiger charge is -2.13. The average molecular weight is 275 g/mol. The zero-order valence-corrected chi connectivity index (χ0v) is 10.7. The van der Waals surface area contributed by atoms with Gasteiger partial charge in [-0.2, -0.15) is 0 Å². The van der Waals surface area contributed by atoms with E-state index < -0.39 is 0 Å². The van der Waals surface area contributed by atoms with Crippen molar-refractivity contribution in [1.29, 1.82) is 0 Å². The molecule has 1 rings (SSSR count). The van der Waals surface area contributed by atoms with Crippen LogP contribution in [0.1, 0.15) is 30.0 Å². The lowest BCUT2D eigenvalue weighted by molar-refractivity contribution is 0.0951. The first kappa shape index (κ1) is 12.2. The maximum absolute atomic E-state index is 11.6. The van der Waals surface area contributed by atoms with Crippen LogP contribution in [0.25, 0.3) is 0 Å². The molecule has 84 valence electrons. The van der Waals surface area contributed by atoms with Gasteiger partial charge in [-0.1, -0.05) is 34.9 Å². The standard InChI is InChI=1S/C10H15BrN2O2/c1-6(2)9(11)5-12-10(14)8-4-13-15-7(8)3/h4,6,9H,5H2,1-3H3,(H,12,14). The van der Waals surface area contributed by atoms with Crippen LogP contribution in [0.3, 0.4) is 0 Å². The van der Waals surface area contributed by atoms with Crippen molar-refractivity contribution in [2.24, 2.45) is 5.92 Å². The Hall–Kier alpha value is -0.840. The summed E-state index contributed by atoms with van der Waals surface area (Å²) in [6.07, 6.45) is 1.43. The fourth-order valence-corrected chi connectivity index (χ4v) is 1.20. The van der Waals surface area contributed by atoms with Gasteiger partial charge in [0.15, 0.2) is 0 Å². The molecule has 4 nitrogen and oxygen atoms in total. The van der Waals surface area contributed by atoms with Crippen LogP contribution < -0.4 is 5.32 Å². The van der Waals surface area contributed by atoms with Gasteiger partial charge in [0.25, 0.3) is 5.91 Å². The van der Waals surface area contributed by atoms with Crippen LogP contribution in [0.2, 0.25) is 0 Å². The highest BCUT2D eigenvalue weighted by Crippen LogP contribution is 2.11. The molecule has 0 spiro atoms. The molecule has 0 aliphatic carbocycles. The molecule has 1 unspecified atom stereocenters. The first-order chi connectivity index (χ1) is 7.02. The number of carbonyl (C=O) groups is 1. The molecule has 1 aromatic heterocycles. The van der Waals surface area contributed by atoms with Crippen molar-refractivity contribution in [2.45, 2.75) is 25.6 Å². The minimum absolute atomic E-state index is 0.140. The van der Waals surface area contributed by atoms with E-state index >= 15 is 0 Å². The van der Waals surface area contributed by atoms with Gasteiger partial charge in [-0.3, -0.25) is 4.79 Å². The molecule has 0 aliphatic rings. The molecule has 0 aliphatic heterocycles. The zero-order chi connectivity index (χ0) is 11.4. The molecule has 1 N–H and O–H groups in total. The van der Waals surface area contributed by atoms with Gasteiger partial charge in [0, 0.05) is 11.4 Å². The number of nitrogens with zero attached hydrogens (tertiary/aromatic N) is 1. The SMILES string of the molecule is Cc1oncc1C(=O)NCC(Br)C(C)C. The molecule has 0 fully saturated rings. The van der Waals surface area contributed by atoms with Crippen LogP contribution >= 0.6 is 15.9 Å². The van der Waals surface area contributed by atoms with Crippen molar-refractivity contribution in [3.8, 4) is 0 Å². The summed E-state index contributed by atoms with van der Waals surface area (Å²) in [6, 6.07) is 0. The summed E-state index contributed by atoms with van der Waals surface area (Å²) in [5.41, 5.74) is 0.499. The lowest BCUT2D eigenvalue weighted by Crippen LogP contribution is -2.31. The number of hydrogen-bond donors (Lipinski definition) is 1. The highest BCUT2D eigenvalue weighted by atomic mass is 79.9. The van der Waals surface area contributed by atoms with Gasteiger partial charge in [0.1, 0.15) is 11.3 Å². The van der Waals surface area contributed by atoms with Gasteiger partial charge in [-0.15, -0.1) is 0 Å². The van der Waals surface area contributed by atoms with E-state index in [1.807, 2.05) is 0 Å². The van der Waals surface area contributed by atoms with Crippen LogP contribution in [0.4, 0.5) is 0 Å². The molecule has 5 heteroatoms. The number of aryl methyl sites for hydroxylation is 1. The third-order valence-corrected chi connectivity index (χ3v) is 3.56. The third-order valence-electron chi connectivity index (χ3n) is 2.18. The summed E-state index contributed by atoms with van der Waals surface area (Å²) in [6.45, 7) is 6.50. The van der Waals surface area contributed by atoms with E-state index in [9.17, 15) is 4.79 Å². The molecule has 0 bridgehead atoms. The second kappa shape index (κ2) is 5.30. The number of nitrogens with one attached hydrogen (secondary N) is 1. The molecule has 1 atom stereocenters. The van der Waals surface area contributed by atoms with Crippen LogP contribution in [-0.4, -0.2) is 22.4 Å². The fraction of sp³-hybridized carbons (Fsp3) is 0.600. The van der Waals surface area contributed by atoms with Gasteiger partial charge in [-0.25, -0.2) is 0 Å². The summed E-state index contributed by atoms with van der Waals surface area (Å²) in [5.74, 6) is 0.885. The third kappa shape index (κ3) is 3.34. The second-order valence-electron chi connectivity index (χ2n) is 3.77. The van der Waals surface area contributed by atoms with Crippen molar-refractivity contribution >= 4 is 21.8 Å². The van der Waals surface area contributed by atoms with Crippen LogP contribution in [0.5, 0.6) is 0 Å². The summed E-state index contributed by atoms with van der Waals surface area (Å²) in [4.78, 5) is 11.9. The van der Waals surface area contributed by atoms with Crippen molar-refractivity contribution < 1.29 is 9.32 Å². The van der Waals surface area contributed by atoms with Gasteiger partial charge in [0.2, 0.25) is 0 Å². The lowest BCUT2D eigenvalue weighted by atomic mass is 10.1. The number of amides is 1. The van der Waals surface area contributed by atoms with Crippen LogP contribution in [0, 0.1) is 12.8 Å². The van der Waals surface area contributed by atoms with E-state index in [2.05, 4.69) is 40.3 Å². The normalized spacial score (nSPS) is 12.9. The van der Waals surface area contributed by atoms with Crippen molar-refractivity contribution in [3.63, 3.8) is 0 Å². The predicted molar refractivity (Wildman–Crippen MR) is 61.1 cm³/mol. The quantitative estimate of drug-likeness (QED) is 0.856. The maximum atomic E-state index is 11.6. The summed E-state index contributed by atoms with van der Waals surface area (Å²) in [5, 5.41) is 6.38. The smallest absolute Gasteiger partial charge is 0.256 e. The largest absolute Gasteiger partial charge is 0.361 e. The van der Waals surface area contributed by atoms with E-state index in [-0.39, 0.29) is 10.7 Å². The first-order valence-electron chi connectivity index (χ1n) is 4.86. The maximum Gasteiger partial charge on any atom is 0.256 e. The molecule has 1 heterocycles. The Kier molecular flexibility index (Phi) is 4.32. The topological polar surface area (TPSA) is 55.1 Å². The number of aromatic nitrogens is 1. The van der Waals surface area contributed by atoms with Crippen molar-refractivity contribution in [2.75, 3.05) is 6.54 Å². The van der Waals surface area contributed by atoms with E-state index in [1.165, 1.54) is 6.20 Å². The zero-order valence-electron chi connectivity index (χ0n) is 9.08. The first-order valence-corrected chi connectivity index (χ1v) is 5.77.